The van der Waals surface area contributed by atoms with Crippen LogP contribution in [0.15, 0.2) is 17.7 Å². The molecular weight excluding hydrogens is 363 g/mol. The molecule has 0 radical (unpaired) electrons. The molecule has 0 bridgehead atoms. The lowest BCUT2D eigenvalue weighted by Crippen LogP contribution is -2.45. The molecule has 0 aromatic heterocycles. The summed E-state index contributed by atoms with van der Waals surface area (Å²) < 4.78 is 20.9. The Morgan fingerprint density at radius 2 is 2.11 bits per heavy atom. The van der Waals surface area contributed by atoms with Crippen LogP contribution < -0.4 is 15.0 Å². The summed E-state index contributed by atoms with van der Waals surface area (Å²) in [6, 6.07) is 1.47. The Morgan fingerprint density at radius 3 is 2.71 bits per heavy atom. The van der Waals surface area contributed by atoms with E-state index in [4.69, 9.17) is 4.74 Å². The van der Waals surface area contributed by atoms with E-state index >= 15 is 4.39 Å². The van der Waals surface area contributed by atoms with Crippen LogP contribution in [0.5, 0.6) is 5.75 Å². The summed E-state index contributed by atoms with van der Waals surface area (Å²) in [4.78, 5) is 26.3. The lowest BCUT2D eigenvalue weighted by molar-refractivity contribution is -0.132. The fourth-order valence-electron chi connectivity index (χ4n) is 4.55. The van der Waals surface area contributed by atoms with Gasteiger partial charge in [0.25, 0.3) is 0 Å². The fraction of sp³-hybridized carbons (Fsp3) is 0.524. The molecule has 28 heavy (non-hydrogen) atoms. The molecule has 1 aromatic rings. The maximum absolute atomic E-state index is 15.2. The Morgan fingerprint density at radius 1 is 1.36 bits per heavy atom. The van der Waals surface area contributed by atoms with Gasteiger partial charge in [0.05, 0.1) is 7.11 Å². The first kappa shape index (κ1) is 18.9. The number of halogens is 1. The molecule has 4 rings (SSSR count). The third-order valence-corrected chi connectivity index (χ3v) is 6.13. The lowest BCUT2D eigenvalue weighted by Gasteiger charge is -2.36. The third kappa shape index (κ3) is 3.07. The topological polar surface area (TPSA) is 78.9 Å². The number of nitrogens with zero attached hydrogens (tertiary/aromatic N) is 1. The Balaban J connectivity index is 1.86. The number of likely N-dealkylation sites (N-methyl/N-ethyl adjacent to an activating group) is 1. The summed E-state index contributed by atoms with van der Waals surface area (Å²) in [5.41, 5.74) is 0.874. The molecule has 1 saturated carbocycles. The quantitative estimate of drug-likeness (QED) is 0.755. The lowest BCUT2D eigenvalue weighted by atomic mass is 9.79. The third-order valence-electron chi connectivity index (χ3n) is 6.13. The Kier molecular flexibility index (Phi) is 4.87. The number of carbonyl (C=O) groups excluding carboxylic acids is 1. The molecule has 6 nitrogen and oxygen atoms in total. The van der Waals surface area contributed by atoms with Crippen LogP contribution in [-0.4, -0.2) is 50.1 Å². The monoisotopic (exact) mass is 388 g/mol. The number of anilines is 1. The number of rotatable bonds is 5. The second-order valence-electron chi connectivity index (χ2n) is 7.85. The molecule has 150 valence electrons. The number of piperidine rings is 1. The molecule has 2 N–H and O–H groups in total. The highest BCUT2D eigenvalue weighted by molar-refractivity contribution is 6.25. The second kappa shape index (κ2) is 7.20. The number of aliphatic carboxylic acids is 1. The van der Waals surface area contributed by atoms with Gasteiger partial charge in [0.2, 0.25) is 5.78 Å². The van der Waals surface area contributed by atoms with Crippen molar-refractivity contribution in [3.05, 3.63) is 34.7 Å². The van der Waals surface area contributed by atoms with Crippen LogP contribution in [0.3, 0.4) is 0 Å². The molecule has 1 heterocycles. The highest BCUT2D eigenvalue weighted by Gasteiger charge is 2.42. The first-order valence-electron chi connectivity index (χ1n) is 9.78. The van der Waals surface area contributed by atoms with Gasteiger partial charge in [-0.1, -0.05) is 6.08 Å². The van der Waals surface area contributed by atoms with Gasteiger partial charge in [-0.2, -0.15) is 0 Å². The fourth-order valence-corrected chi connectivity index (χ4v) is 4.55. The number of benzene rings is 1. The summed E-state index contributed by atoms with van der Waals surface area (Å²) in [5, 5.41) is 12.7. The summed E-state index contributed by atoms with van der Waals surface area (Å²) in [6.07, 6.45) is 5.42. The zero-order valence-electron chi connectivity index (χ0n) is 16.1. The van der Waals surface area contributed by atoms with E-state index in [9.17, 15) is 14.7 Å². The van der Waals surface area contributed by atoms with Crippen LogP contribution >= 0.6 is 0 Å². The number of ketones is 1. The average molecular weight is 388 g/mol. The Bertz CT molecular complexity index is 862. The molecule has 2 atom stereocenters. The van der Waals surface area contributed by atoms with Gasteiger partial charge in [-0.05, 0) is 44.7 Å². The molecule has 2 aliphatic carbocycles. The van der Waals surface area contributed by atoms with E-state index < -0.39 is 17.6 Å². The van der Waals surface area contributed by atoms with Crippen molar-refractivity contribution in [1.82, 2.24) is 5.32 Å². The number of Topliss-reactive ketones (excluding diaryl/α,β-unsaturated/α-hetero) is 1. The predicted molar refractivity (Wildman–Crippen MR) is 103 cm³/mol. The summed E-state index contributed by atoms with van der Waals surface area (Å²) >= 11 is 0. The summed E-state index contributed by atoms with van der Waals surface area (Å²) in [6.45, 7) is 1.36. The number of carboxylic acid groups (broad SMARTS) is 1. The maximum Gasteiger partial charge on any atom is 0.339 e. The number of carboxylic acids is 1. The van der Waals surface area contributed by atoms with E-state index in [0.717, 1.165) is 25.7 Å². The molecular formula is C21H25FN2O4. The minimum absolute atomic E-state index is 0.122. The highest BCUT2D eigenvalue weighted by atomic mass is 19.1. The molecule has 3 aliphatic rings. The van der Waals surface area contributed by atoms with E-state index in [2.05, 4.69) is 5.32 Å². The zero-order valence-corrected chi connectivity index (χ0v) is 16.1. The number of hydrogen-bond acceptors (Lipinski definition) is 5. The van der Waals surface area contributed by atoms with Crippen LogP contribution in [0.2, 0.25) is 0 Å². The molecule has 1 saturated heterocycles. The van der Waals surface area contributed by atoms with E-state index in [1.165, 1.54) is 13.2 Å². The minimum atomic E-state index is -1.27. The molecule has 7 heteroatoms. The number of nitrogens with one attached hydrogen (secondary N) is 1. The van der Waals surface area contributed by atoms with Crippen molar-refractivity contribution in [2.75, 3.05) is 32.1 Å². The van der Waals surface area contributed by atoms with E-state index in [0.29, 0.717) is 30.1 Å². The number of ether oxygens (including phenoxy) is 1. The highest BCUT2D eigenvalue weighted by Crippen LogP contribution is 2.52. The smallest absolute Gasteiger partial charge is 0.339 e. The predicted octanol–water partition coefficient (Wildman–Crippen LogP) is 2.72. The van der Waals surface area contributed by atoms with Gasteiger partial charge in [-0.25, -0.2) is 9.18 Å². The minimum Gasteiger partial charge on any atom is -0.494 e. The molecule has 0 spiro atoms. The largest absolute Gasteiger partial charge is 0.494 e. The zero-order chi connectivity index (χ0) is 20.0. The van der Waals surface area contributed by atoms with Crippen molar-refractivity contribution < 1.29 is 23.8 Å². The van der Waals surface area contributed by atoms with Gasteiger partial charge in [0.1, 0.15) is 17.0 Å². The van der Waals surface area contributed by atoms with Crippen molar-refractivity contribution in [2.45, 2.75) is 37.6 Å². The number of methoxy groups -OCH3 is 1. The van der Waals surface area contributed by atoms with Crippen LogP contribution in [-0.2, 0) is 4.79 Å². The molecule has 0 unspecified atom stereocenters. The first-order valence-corrected chi connectivity index (χ1v) is 9.78. The number of carbonyl (C=O) groups is 2. The molecule has 0 amide bonds. The SMILES string of the molecule is CN[C@H]1CCCN(c2c(F)cc3c(c2OC)[C@H](C2CC2)C=C(C(=O)O)C3=O)C1. The Labute approximate surface area is 163 Å². The van der Waals surface area contributed by atoms with Gasteiger partial charge in [0, 0.05) is 36.2 Å². The number of fused-ring (bicyclic) bond motifs is 1. The van der Waals surface area contributed by atoms with E-state index in [1.54, 1.807) is 6.08 Å². The van der Waals surface area contributed by atoms with Crippen molar-refractivity contribution in [1.29, 1.82) is 0 Å². The first-order chi connectivity index (χ1) is 13.5. The number of hydrogen-bond donors (Lipinski definition) is 2. The van der Waals surface area contributed by atoms with E-state index in [-0.39, 0.29) is 29.0 Å². The van der Waals surface area contributed by atoms with E-state index in [1.807, 2.05) is 11.9 Å². The van der Waals surface area contributed by atoms with Gasteiger partial charge >= 0.3 is 5.97 Å². The second-order valence-corrected chi connectivity index (χ2v) is 7.85. The Hall–Kier alpha value is -2.41. The standard InChI is InChI=1S/C21H25FN2O4/c1-23-12-4-3-7-24(10-12)18-16(22)9-14-17(20(18)28-2)13(11-5-6-11)8-15(19(14)25)21(26)27/h8-9,11-13,23H,3-7,10H2,1-2H3,(H,26,27)/t12-,13-/m0/s1. The molecule has 2 fully saturated rings. The van der Waals surface area contributed by atoms with Gasteiger partial charge < -0.3 is 20.1 Å². The van der Waals surface area contributed by atoms with Gasteiger partial charge in [0.15, 0.2) is 5.82 Å². The summed E-state index contributed by atoms with van der Waals surface area (Å²) in [5.74, 6) is -2.05. The van der Waals surface area contributed by atoms with Crippen molar-refractivity contribution >= 4 is 17.4 Å². The van der Waals surface area contributed by atoms with Crippen LogP contribution in [0.4, 0.5) is 10.1 Å². The number of allylic oxidation sites excluding steroid dienone is 1. The van der Waals surface area contributed by atoms with Crippen molar-refractivity contribution in [3.63, 3.8) is 0 Å². The normalized spacial score (nSPS) is 24.6. The van der Waals surface area contributed by atoms with Crippen molar-refractivity contribution in [2.24, 2.45) is 5.92 Å². The maximum atomic E-state index is 15.2. The average Bonchev–Trinajstić information content (AvgIpc) is 3.52. The van der Waals surface area contributed by atoms with Crippen LogP contribution in [0, 0.1) is 11.7 Å². The molecule has 1 aromatic carbocycles. The van der Waals surface area contributed by atoms with Crippen LogP contribution in [0.25, 0.3) is 0 Å². The van der Waals surface area contributed by atoms with Crippen molar-refractivity contribution in [3.8, 4) is 5.75 Å². The van der Waals surface area contributed by atoms with Gasteiger partial charge in [-0.3, -0.25) is 4.79 Å². The van der Waals surface area contributed by atoms with Crippen LogP contribution in [0.1, 0.15) is 47.5 Å². The summed E-state index contributed by atoms with van der Waals surface area (Å²) in [7, 11) is 3.39. The molecule has 1 aliphatic heterocycles. The van der Waals surface area contributed by atoms with Gasteiger partial charge in [-0.15, -0.1) is 0 Å².